The standard InChI is InChI=1S/C18H23Cl2N5O2S/c1-28-18-16(22-24-23-18)17(26)21-7-2-8-25-9-5-12(6-10-25)27-13-3-4-14(19)15(20)11-13/h3-4,11-12H,2,5-10H2,1H3,(H,21,26)(H,22,23,24). The van der Waals surface area contributed by atoms with Gasteiger partial charge in [-0.3, -0.25) is 4.79 Å². The van der Waals surface area contributed by atoms with Crippen molar-refractivity contribution in [3.63, 3.8) is 0 Å². The number of rotatable bonds is 8. The summed E-state index contributed by atoms with van der Waals surface area (Å²) in [6, 6.07) is 5.36. The van der Waals surface area contributed by atoms with Gasteiger partial charge in [-0.15, -0.1) is 22.0 Å². The Morgan fingerprint density at radius 2 is 2.11 bits per heavy atom. The number of aromatic amines is 1. The SMILES string of the molecule is CSc1n[nH]nc1C(=O)NCCCN1CCC(Oc2ccc(Cl)c(Cl)c2)CC1. The largest absolute Gasteiger partial charge is 0.490 e. The first-order valence-corrected chi connectivity index (χ1v) is 11.1. The normalized spacial score (nSPS) is 15.5. The number of carbonyl (C=O) groups is 1. The van der Waals surface area contributed by atoms with Gasteiger partial charge in [-0.2, -0.15) is 5.21 Å². The van der Waals surface area contributed by atoms with E-state index in [-0.39, 0.29) is 12.0 Å². The van der Waals surface area contributed by atoms with Crippen LogP contribution in [0.4, 0.5) is 0 Å². The maximum absolute atomic E-state index is 12.1. The number of thioether (sulfide) groups is 1. The summed E-state index contributed by atoms with van der Waals surface area (Å²) in [6.45, 7) is 3.49. The van der Waals surface area contributed by atoms with Gasteiger partial charge in [-0.25, -0.2) is 0 Å². The molecular weight excluding hydrogens is 421 g/mol. The highest BCUT2D eigenvalue weighted by Crippen LogP contribution is 2.28. The van der Waals surface area contributed by atoms with E-state index in [1.807, 2.05) is 12.3 Å². The van der Waals surface area contributed by atoms with Crippen LogP contribution in [0.3, 0.4) is 0 Å². The molecule has 0 radical (unpaired) electrons. The third kappa shape index (κ3) is 5.76. The van der Waals surface area contributed by atoms with E-state index in [1.54, 1.807) is 12.1 Å². The summed E-state index contributed by atoms with van der Waals surface area (Å²) in [7, 11) is 0. The highest BCUT2D eigenvalue weighted by Gasteiger charge is 2.21. The smallest absolute Gasteiger partial charge is 0.274 e. The first-order valence-electron chi connectivity index (χ1n) is 9.14. The second-order valence-electron chi connectivity index (χ2n) is 6.53. The Bertz CT molecular complexity index is 796. The lowest BCUT2D eigenvalue weighted by atomic mass is 10.1. The highest BCUT2D eigenvalue weighted by molar-refractivity contribution is 7.98. The fourth-order valence-electron chi connectivity index (χ4n) is 3.09. The van der Waals surface area contributed by atoms with Crippen LogP contribution in [0.25, 0.3) is 0 Å². The number of ether oxygens (including phenoxy) is 1. The van der Waals surface area contributed by atoms with Crippen molar-refractivity contribution in [3.05, 3.63) is 33.9 Å². The molecule has 1 saturated heterocycles. The zero-order valence-electron chi connectivity index (χ0n) is 15.6. The molecule has 0 saturated carbocycles. The molecule has 2 aromatic rings. The summed E-state index contributed by atoms with van der Waals surface area (Å²) in [4.78, 5) is 14.5. The van der Waals surface area contributed by atoms with E-state index < -0.39 is 0 Å². The number of piperidine rings is 1. The van der Waals surface area contributed by atoms with E-state index in [1.165, 1.54) is 11.8 Å². The third-order valence-electron chi connectivity index (χ3n) is 4.59. The molecule has 2 N–H and O–H groups in total. The molecule has 0 unspecified atom stereocenters. The number of carbonyl (C=O) groups excluding carboxylic acids is 1. The molecule has 2 heterocycles. The molecule has 1 aromatic carbocycles. The number of hydrogen-bond donors (Lipinski definition) is 2. The van der Waals surface area contributed by atoms with Crippen LogP contribution in [0.1, 0.15) is 29.8 Å². The predicted molar refractivity (Wildman–Crippen MR) is 112 cm³/mol. The number of benzene rings is 1. The predicted octanol–water partition coefficient (Wildman–Crippen LogP) is 3.50. The van der Waals surface area contributed by atoms with Crippen molar-refractivity contribution in [1.82, 2.24) is 25.6 Å². The van der Waals surface area contributed by atoms with E-state index in [0.717, 1.165) is 44.6 Å². The summed E-state index contributed by atoms with van der Waals surface area (Å²) < 4.78 is 6.02. The second-order valence-corrected chi connectivity index (χ2v) is 8.14. The summed E-state index contributed by atoms with van der Waals surface area (Å²) in [5.41, 5.74) is 0.354. The number of hydrogen-bond acceptors (Lipinski definition) is 6. The van der Waals surface area contributed by atoms with Gasteiger partial charge in [0, 0.05) is 25.7 Å². The summed E-state index contributed by atoms with van der Waals surface area (Å²) in [5.74, 6) is 0.569. The topological polar surface area (TPSA) is 83.1 Å². The quantitative estimate of drug-likeness (QED) is 0.479. The summed E-state index contributed by atoms with van der Waals surface area (Å²) in [6.07, 6.45) is 4.86. The molecule has 1 aliphatic heterocycles. The van der Waals surface area contributed by atoms with Crippen LogP contribution >= 0.6 is 35.0 Å². The molecule has 0 bridgehead atoms. The van der Waals surface area contributed by atoms with Crippen molar-refractivity contribution in [3.8, 4) is 5.75 Å². The van der Waals surface area contributed by atoms with Gasteiger partial charge in [-0.1, -0.05) is 23.2 Å². The van der Waals surface area contributed by atoms with Crippen molar-refractivity contribution in [2.24, 2.45) is 0 Å². The van der Waals surface area contributed by atoms with E-state index in [9.17, 15) is 4.79 Å². The van der Waals surface area contributed by atoms with Crippen molar-refractivity contribution >= 4 is 40.9 Å². The fourth-order valence-corrected chi connectivity index (χ4v) is 3.84. The van der Waals surface area contributed by atoms with Crippen molar-refractivity contribution in [2.75, 3.05) is 32.4 Å². The van der Waals surface area contributed by atoms with Crippen molar-refractivity contribution in [2.45, 2.75) is 30.4 Å². The van der Waals surface area contributed by atoms with Crippen LogP contribution < -0.4 is 10.1 Å². The number of nitrogens with zero attached hydrogens (tertiary/aromatic N) is 3. The van der Waals surface area contributed by atoms with Crippen LogP contribution in [0.5, 0.6) is 5.75 Å². The number of aromatic nitrogens is 3. The minimum atomic E-state index is -0.188. The van der Waals surface area contributed by atoms with Crippen LogP contribution in [0.15, 0.2) is 23.2 Å². The Labute approximate surface area is 178 Å². The first-order chi connectivity index (χ1) is 13.6. The molecule has 0 atom stereocenters. The number of amides is 1. The van der Waals surface area contributed by atoms with Gasteiger partial charge in [0.1, 0.15) is 11.9 Å². The van der Waals surface area contributed by atoms with Crippen LogP contribution in [0.2, 0.25) is 10.0 Å². The molecule has 1 amide bonds. The molecule has 0 aliphatic carbocycles. The molecule has 152 valence electrons. The molecule has 0 spiro atoms. The molecule has 1 aromatic heterocycles. The van der Waals surface area contributed by atoms with Gasteiger partial charge in [0.2, 0.25) is 0 Å². The lowest BCUT2D eigenvalue weighted by molar-refractivity contribution is 0.0928. The van der Waals surface area contributed by atoms with E-state index in [2.05, 4.69) is 25.6 Å². The molecule has 1 fully saturated rings. The maximum atomic E-state index is 12.1. The minimum Gasteiger partial charge on any atom is -0.490 e. The van der Waals surface area contributed by atoms with Crippen molar-refractivity contribution in [1.29, 1.82) is 0 Å². The minimum absolute atomic E-state index is 0.185. The molecule has 1 aliphatic rings. The Balaban J connectivity index is 1.33. The average Bonchev–Trinajstić information content (AvgIpc) is 3.18. The van der Waals surface area contributed by atoms with Crippen LogP contribution in [-0.2, 0) is 0 Å². The van der Waals surface area contributed by atoms with Gasteiger partial charge < -0.3 is 15.0 Å². The zero-order chi connectivity index (χ0) is 19.9. The van der Waals surface area contributed by atoms with E-state index in [0.29, 0.717) is 27.3 Å². The van der Waals surface area contributed by atoms with Crippen LogP contribution in [-0.4, -0.2) is 64.8 Å². The molecule has 7 nitrogen and oxygen atoms in total. The number of likely N-dealkylation sites (tertiary alicyclic amines) is 1. The number of H-pyrrole nitrogens is 1. The van der Waals surface area contributed by atoms with E-state index in [4.69, 9.17) is 27.9 Å². The Morgan fingerprint density at radius 3 is 2.82 bits per heavy atom. The van der Waals surface area contributed by atoms with Crippen LogP contribution in [0, 0.1) is 0 Å². The lowest BCUT2D eigenvalue weighted by Gasteiger charge is -2.32. The Hall–Kier alpha value is -1.48. The van der Waals surface area contributed by atoms with Gasteiger partial charge in [0.15, 0.2) is 10.7 Å². The number of nitrogens with one attached hydrogen (secondary N) is 2. The zero-order valence-corrected chi connectivity index (χ0v) is 17.9. The Kier molecular flexibility index (Phi) is 7.84. The maximum Gasteiger partial charge on any atom is 0.274 e. The molecule has 3 rings (SSSR count). The third-order valence-corrected chi connectivity index (χ3v) is 6.00. The average molecular weight is 444 g/mol. The lowest BCUT2D eigenvalue weighted by Crippen LogP contribution is -2.39. The summed E-state index contributed by atoms with van der Waals surface area (Å²) >= 11 is 13.4. The summed E-state index contributed by atoms with van der Waals surface area (Å²) in [5, 5.41) is 14.9. The molecule has 10 heteroatoms. The van der Waals surface area contributed by atoms with E-state index >= 15 is 0 Å². The van der Waals surface area contributed by atoms with Crippen molar-refractivity contribution < 1.29 is 9.53 Å². The number of halogens is 2. The molecular formula is C18H23Cl2N5O2S. The Morgan fingerprint density at radius 1 is 1.32 bits per heavy atom. The van der Waals surface area contributed by atoms with Gasteiger partial charge >= 0.3 is 0 Å². The monoisotopic (exact) mass is 443 g/mol. The molecule has 28 heavy (non-hydrogen) atoms. The fraction of sp³-hybridized carbons (Fsp3) is 0.500. The van der Waals surface area contributed by atoms with Gasteiger partial charge in [0.05, 0.1) is 10.0 Å². The highest BCUT2D eigenvalue weighted by atomic mass is 35.5. The first kappa shape index (κ1) is 21.2. The van der Waals surface area contributed by atoms with Gasteiger partial charge in [-0.05, 0) is 44.2 Å². The van der Waals surface area contributed by atoms with Gasteiger partial charge in [0.25, 0.3) is 5.91 Å². The second kappa shape index (κ2) is 10.3.